The van der Waals surface area contributed by atoms with Crippen LogP contribution in [-0.2, 0) is 12.8 Å². The zero-order chi connectivity index (χ0) is 14.5. The minimum atomic E-state index is 0.628. The molecule has 1 heterocycles. The van der Waals surface area contributed by atoms with E-state index in [2.05, 4.69) is 40.2 Å². The number of nitrogens with zero attached hydrogens (tertiary/aromatic N) is 1. The Bertz CT molecular complexity index is 460. The third kappa shape index (κ3) is 4.15. The molecule has 1 aliphatic carbocycles. The second kappa shape index (κ2) is 7.52. The van der Waals surface area contributed by atoms with Crippen molar-refractivity contribution in [3.05, 3.63) is 29.3 Å². The predicted octanol–water partition coefficient (Wildman–Crippen LogP) is 2.19. The Balaban J connectivity index is 1.47. The lowest BCUT2D eigenvalue weighted by atomic mass is 9.88. The Morgan fingerprint density at radius 3 is 2.95 bits per heavy atom. The summed E-state index contributed by atoms with van der Waals surface area (Å²) >= 11 is 2.08. The molecule has 0 aromatic heterocycles. The highest BCUT2D eigenvalue weighted by Gasteiger charge is 2.19. The minimum absolute atomic E-state index is 0.628. The van der Waals surface area contributed by atoms with Crippen LogP contribution in [-0.4, -0.2) is 55.7 Å². The number of rotatable bonds is 5. The standard InChI is InChI=1S/C17H26N2OS/c1-20-17-5-3-14-2-4-16(12-15(14)13-17)18-6-7-19-8-10-21-11-9-19/h3,5,13,16,18H,2,4,6-12H2,1H3. The van der Waals surface area contributed by atoms with E-state index in [9.17, 15) is 0 Å². The van der Waals surface area contributed by atoms with Crippen LogP contribution in [0.3, 0.4) is 0 Å². The molecular weight excluding hydrogens is 280 g/mol. The quantitative estimate of drug-likeness (QED) is 0.901. The molecule has 3 nitrogen and oxygen atoms in total. The molecule has 1 saturated heterocycles. The summed E-state index contributed by atoms with van der Waals surface area (Å²) in [5.74, 6) is 3.59. The molecule has 0 radical (unpaired) electrons. The van der Waals surface area contributed by atoms with Gasteiger partial charge in [0.2, 0.25) is 0 Å². The van der Waals surface area contributed by atoms with E-state index in [1.165, 1.54) is 55.1 Å². The van der Waals surface area contributed by atoms with Crippen molar-refractivity contribution in [2.45, 2.75) is 25.3 Å². The highest BCUT2D eigenvalue weighted by Crippen LogP contribution is 2.25. The Morgan fingerprint density at radius 1 is 1.29 bits per heavy atom. The molecule has 1 fully saturated rings. The van der Waals surface area contributed by atoms with Crippen molar-refractivity contribution in [1.82, 2.24) is 10.2 Å². The van der Waals surface area contributed by atoms with Crippen LogP contribution >= 0.6 is 11.8 Å². The average Bonchev–Trinajstić information content (AvgIpc) is 2.55. The molecule has 1 atom stereocenters. The van der Waals surface area contributed by atoms with Gasteiger partial charge in [0.15, 0.2) is 0 Å². The summed E-state index contributed by atoms with van der Waals surface area (Å²) in [6.07, 6.45) is 3.59. The van der Waals surface area contributed by atoms with Crippen LogP contribution in [0.5, 0.6) is 5.75 Å². The predicted molar refractivity (Wildman–Crippen MR) is 90.6 cm³/mol. The third-order valence-electron chi connectivity index (χ3n) is 4.61. The molecule has 0 spiro atoms. The maximum atomic E-state index is 5.35. The van der Waals surface area contributed by atoms with Crippen LogP contribution in [0, 0.1) is 0 Å². The number of thioether (sulfide) groups is 1. The van der Waals surface area contributed by atoms with Crippen LogP contribution in [0.25, 0.3) is 0 Å². The molecule has 1 aromatic carbocycles. The van der Waals surface area contributed by atoms with E-state index in [-0.39, 0.29) is 0 Å². The molecule has 1 aliphatic heterocycles. The molecule has 0 saturated carbocycles. The van der Waals surface area contributed by atoms with Gasteiger partial charge in [0.1, 0.15) is 5.75 Å². The molecule has 2 aliphatic rings. The number of hydrogen-bond acceptors (Lipinski definition) is 4. The summed E-state index contributed by atoms with van der Waals surface area (Å²) in [4.78, 5) is 2.59. The lowest BCUT2D eigenvalue weighted by Gasteiger charge is -2.29. The highest BCUT2D eigenvalue weighted by atomic mass is 32.2. The first-order valence-corrected chi connectivity index (χ1v) is 9.20. The van der Waals surface area contributed by atoms with Crippen LogP contribution in [0.15, 0.2) is 18.2 Å². The monoisotopic (exact) mass is 306 g/mol. The first-order chi connectivity index (χ1) is 10.3. The van der Waals surface area contributed by atoms with Crippen molar-refractivity contribution in [1.29, 1.82) is 0 Å². The van der Waals surface area contributed by atoms with E-state index in [0.717, 1.165) is 18.7 Å². The molecule has 1 N–H and O–H groups in total. The Hall–Kier alpha value is -0.710. The van der Waals surface area contributed by atoms with Crippen LogP contribution in [0.1, 0.15) is 17.5 Å². The second-order valence-corrected chi connectivity index (χ2v) is 7.21. The highest BCUT2D eigenvalue weighted by molar-refractivity contribution is 7.99. The maximum absolute atomic E-state index is 5.35. The first kappa shape index (κ1) is 15.2. The molecule has 3 rings (SSSR count). The molecular formula is C17H26N2OS. The van der Waals surface area contributed by atoms with E-state index in [1.54, 1.807) is 7.11 Å². The number of methoxy groups -OCH3 is 1. The zero-order valence-corrected chi connectivity index (χ0v) is 13.8. The molecule has 21 heavy (non-hydrogen) atoms. The van der Waals surface area contributed by atoms with Crippen molar-refractivity contribution < 1.29 is 4.74 Å². The SMILES string of the molecule is COc1ccc2c(c1)CC(NCCN1CCSCC1)CC2. The van der Waals surface area contributed by atoms with Gasteiger partial charge in [-0.1, -0.05) is 6.07 Å². The fourth-order valence-electron chi connectivity index (χ4n) is 3.29. The average molecular weight is 306 g/mol. The fourth-order valence-corrected chi connectivity index (χ4v) is 4.26. The summed E-state index contributed by atoms with van der Waals surface area (Å²) in [7, 11) is 1.75. The molecule has 116 valence electrons. The van der Waals surface area contributed by atoms with E-state index >= 15 is 0 Å². The van der Waals surface area contributed by atoms with Gasteiger partial charge in [-0.05, 0) is 42.5 Å². The number of ether oxygens (including phenoxy) is 1. The summed E-state index contributed by atoms with van der Waals surface area (Å²) in [5, 5.41) is 3.76. The molecule has 0 bridgehead atoms. The van der Waals surface area contributed by atoms with Gasteiger partial charge in [0, 0.05) is 43.7 Å². The van der Waals surface area contributed by atoms with Crippen LogP contribution in [0.2, 0.25) is 0 Å². The summed E-state index contributed by atoms with van der Waals surface area (Å²) in [5.41, 5.74) is 2.97. The molecule has 1 unspecified atom stereocenters. The molecule has 0 amide bonds. The number of benzene rings is 1. The molecule has 4 heteroatoms. The van der Waals surface area contributed by atoms with E-state index < -0.39 is 0 Å². The Labute approximate surface area is 132 Å². The van der Waals surface area contributed by atoms with Gasteiger partial charge in [-0.25, -0.2) is 0 Å². The van der Waals surface area contributed by atoms with Crippen molar-refractivity contribution in [3.8, 4) is 5.75 Å². The van der Waals surface area contributed by atoms with Crippen molar-refractivity contribution in [2.24, 2.45) is 0 Å². The minimum Gasteiger partial charge on any atom is -0.497 e. The van der Waals surface area contributed by atoms with Gasteiger partial charge >= 0.3 is 0 Å². The number of hydrogen-bond donors (Lipinski definition) is 1. The van der Waals surface area contributed by atoms with Crippen LogP contribution in [0.4, 0.5) is 0 Å². The van der Waals surface area contributed by atoms with Gasteiger partial charge in [-0.15, -0.1) is 0 Å². The second-order valence-electron chi connectivity index (χ2n) is 5.98. The number of fused-ring (bicyclic) bond motifs is 1. The Morgan fingerprint density at radius 2 is 2.14 bits per heavy atom. The van der Waals surface area contributed by atoms with Gasteiger partial charge in [-0.2, -0.15) is 11.8 Å². The van der Waals surface area contributed by atoms with Gasteiger partial charge in [0.25, 0.3) is 0 Å². The summed E-state index contributed by atoms with van der Waals surface area (Å²) in [6.45, 7) is 4.84. The Kier molecular flexibility index (Phi) is 5.44. The largest absolute Gasteiger partial charge is 0.497 e. The smallest absolute Gasteiger partial charge is 0.119 e. The number of aryl methyl sites for hydroxylation is 1. The van der Waals surface area contributed by atoms with Gasteiger partial charge in [-0.3, -0.25) is 0 Å². The molecule has 1 aromatic rings. The van der Waals surface area contributed by atoms with Crippen LogP contribution < -0.4 is 10.1 Å². The van der Waals surface area contributed by atoms with E-state index in [0.29, 0.717) is 6.04 Å². The van der Waals surface area contributed by atoms with Crippen molar-refractivity contribution in [3.63, 3.8) is 0 Å². The van der Waals surface area contributed by atoms with Crippen molar-refractivity contribution >= 4 is 11.8 Å². The van der Waals surface area contributed by atoms with Crippen molar-refractivity contribution in [2.75, 3.05) is 44.8 Å². The zero-order valence-electron chi connectivity index (χ0n) is 12.9. The van der Waals surface area contributed by atoms with Gasteiger partial charge < -0.3 is 15.0 Å². The number of nitrogens with one attached hydrogen (secondary N) is 1. The van der Waals surface area contributed by atoms with E-state index in [4.69, 9.17) is 4.74 Å². The fraction of sp³-hybridized carbons (Fsp3) is 0.647. The lowest BCUT2D eigenvalue weighted by molar-refractivity contribution is 0.292. The maximum Gasteiger partial charge on any atom is 0.119 e. The lowest BCUT2D eigenvalue weighted by Crippen LogP contribution is -2.42. The van der Waals surface area contributed by atoms with Gasteiger partial charge in [0.05, 0.1) is 7.11 Å². The summed E-state index contributed by atoms with van der Waals surface area (Å²) < 4.78 is 5.35. The third-order valence-corrected chi connectivity index (χ3v) is 5.55. The van der Waals surface area contributed by atoms with E-state index in [1.807, 2.05) is 0 Å². The summed E-state index contributed by atoms with van der Waals surface area (Å²) in [6, 6.07) is 7.16. The topological polar surface area (TPSA) is 24.5 Å². The first-order valence-electron chi connectivity index (χ1n) is 8.04. The normalized spacial score (nSPS) is 22.8.